The second-order valence-corrected chi connectivity index (χ2v) is 28.4. The second kappa shape index (κ2) is 26.1. The van der Waals surface area contributed by atoms with Crippen LogP contribution in [-0.4, -0.2) is 13.2 Å². The third-order valence-electron chi connectivity index (χ3n) is 21.9. The van der Waals surface area contributed by atoms with Gasteiger partial charge in [-0.2, -0.15) is 0 Å². The lowest BCUT2D eigenvalue weighted by atomic mass is 9.67. The van der Waals surface area contributed by atoms with Crippen LogP contribution in [0, 0.1) is 0 Å². The maximum Gasteiger partial charge on any atom is 0.119 e. The maximum atomic E-state index is 6.68. The van der Waals surface area contributed by atoms with Gasteiger partial charge in [0.2, 0.25) is 0 Å². The van der Waals surface area contributed by atoms with Crippen LogP contribution in [-0.2, 0) is 16.2 Å². The molecule has 1 atom stereocenters. The van der Waals surface area contributed by atoms with Gasteiger partial charge in [0, 0.05) is 45.0 Å². The summed E-state index contributed by atoms with van der Waals surface area (Å²) in [6.45, 7) is 15.4. The van der Waals surface area contributed by atoms with Crippen molar-refractivity contribution in [2.75, 3.05) is 23.0 Å². The van der Waals surface area contributed by atoms with Gasteiger partial charge in [-0.05, 0) is 241 Å². The Bertz CT molecular complexity index is 4810. The molecule has 0 N–H and O–H groups in total. The fourth-order valence-electron chi connectivity index (χ4n) is 16.3. The van der Waals surface area contributed by atoms with Crippen LogP contribution in [0.1, 0.15) is 130 Å². The summed E-state index contributed by atoms with van der Waals surface area (Å²) < 4.78 is 12.8. The van der Waals surface area contributed by atoms with E-state index in [-0.39, 0.29) is 10.8 Å². The Hall–Kier alpha value is -10.9. The molecular formula is C95H84N2O2. The minimum atomic E-state index is -0.802. The summed E-state index contributed by atoms with van der Waals surface area (Å²) in [5.74, 6) is 2.37. The van der Waals surface area contributed by atoms with E-state index in [1.54, 1.807) is 0 Å². The van der Waals surface area contributed by atoms with Crippen molar-refractivity contribution < 1.29 is 9.47 Å². The van der Waals surface area contributed by atoms with Gasteiger partial charge in [-0.25, -0.2) is 0 Å². The maximum absolute atomic E-state index is 6.68. The molecule has 0 saturated carbocycles. The lowest BCUT2D eigenvalue weighted by molar-refractivity contribution is 0.287. The first kappa shape index (κ1) is 62.8. The molecule has 0 radical (unpaired) electrons. The average Bonchev–Trinajstić information content (AvgIpc) is 1.49. The Morgan fingerprint density at radius 2 is 0.616 bits per heavy atom. The number of ether oxygens (including phenoxy) is 2. The van der Waals surface area contributed by atoms with Gasteiger partial charge in [-0.1, -0.05) is 254 Å². The number of hydrogen-bond acceptors (Lipinski definition) is 4. The molecule has 1 unspecified atom stereocenters. The zero-order valence-corrected chi connectivity index (χ0v) is 57.7. The summed E-state index contributed by atoms with van der Waals surface area (Å²) >= 11 is 0. The Balaban J connectivity index is 0.823. The molecule has 0 bridgehead atoms. The van der Waals surface area contributed by atoms with Crippen LogP contribution in [0.2, 0.25) is 0 Å². The average molecular weight is 1290 g/mol. The van der Waals surface area contributed by atoms with Crippen LogP contribution in [0.3, 0.4) is 0 Å². The van der Waals surface area contributed by atoms with Gasteiger partial charge in [0.25, 0.3) is 0 Å². The van der Waals surface area contributed by atoms with E-state index >= 15 is 0 Å². The van der Waals surface area contributed by atoms with Crippen LogP contribution in [0.5, 0.6) is 11.5 Å². The molecule has 0 amide bonds. The number of fused-ring (bicyclic) bond motifs is 9. The molecule has 0 heterocycles. The number of rotatable bonds is 21. The number of anilines is 6. The highest BCUT2D eigenvalue weighted by Crippen LogP contribution is 2.60. The Morgan fingerprint density at radius 1 is 0.293 bits per heavy atom. The van der Waals surface area contributed by atoms with Gasteiger partial charge in [-0.3, -0.25) is 0 Å². The van der Waals surface area contributed by atoms with Gasteiger partial charge in [0.05, 0.1) is 18.6 Å². The van der Waals surface area contributed by atoms with Gasteiger partial charge in [0.1, 0.15) is 11.5 Å². The van der Waals surface area contributed by atoms with Gasteiger partial charge in [0.15, 0.2) is 0 Å². The third kappa shape index (κ3) is 11.3. The van der Waals surface area contributed by atoms with E-state index in [0.29, 0.717) is 19.1 Å². The highest BCUT2D eigenvalue weighted by Gasteiger charge is 2.48. The topological polar surface area (TPSA) is 24.9 Å². The van der Waals surface area contributed by atoms with E-state index in [1.807, 2.05) is 0 Å². The standard InChI is InChI=1S/C95H84N2O2/c1-7-65(2)66-39-51-79(52-40-66)98-59-23-8-9-24-60-99-80-53-41-72(42-54-80)95(71-29-17-12-18-30-71)91-63-77(96(73-43-35-69(36-44-73)67-25-13-10-14-26-67)75-47-55-83-81-31-19-21-33-87(81)93(3,4)89(83)61-75)49-57-85(91)86-58-50-78(64-92(86)95)97(74-45-37-70(38-46-74)68-27-15-11-16-28-68)76-48-56-84-82-32-20-22-34-88(82)94(5,6)90(84)62-76/h10-22,25-58,61-65H,7-9,23-24,59-60H2,1-6H3. The van der Waals surface area contributed by atoms with Crippen LogP contribution in [0.25, 0.3) is 55.6 Å². The zero-order valence-electron chi connectivity index (χ0n) is 57.7. The predicted octanol–water partition coefficient (Wildman–Crippen LogP) is 25.5. The molecule has 0 fully saturated rings. The number of hydrogen-bond donors (Lipinski definition) is 0. The molecule has 0 aliphatic heterocycles. The second-order valence-electron chi connectivity index (χ2n) is 28.4. The third-order valence-corrected chi connectivity index (χ3v) is 21.9. The Morgan fingerprint density at radius 3 is 1.03 bits per heavy atom. The SMILES string of the molecule is CCC(C)c1ccc(OCCCCCCOc2ccc(C3(c4ccccc4)c4cc(N(c5ccc(-c6ccccc6)cc5)c5ccc6c(c5)C(C)(C)c5ccccc5-6)ccc4-c4ccc(N(c5ccc(-c6ccccc6)cc5)c5ccc6c(c5)C(C)(C)c5ccccc5-6)cc43)cc2)cc1. The largest absolute Gasteiger partial charge is 0.494 e. The number of unbranched alkanes of at least 4 members (excludes halogenated alkanes) is 3. The first-order valence-corrected chi connectivity index (χ1v) is 35.7. The molecule has 13 aromatic carbocycles. The van der Waals surface area contributed by atoms with Crippen molar-refractivity contribution in [2.45, 2.75) is 95.8 Å². The summed E-state index contributed by atoms with van der Waals surface area (Å²) in [5.41, 5.74) is 29.2. The van der Waals surface area contributed by atoms with Crippen LogP contribution in [0.15, 0.2) is 309 Å². The smallest absolute Gasteiger partial charge is 0.119 e. The molecule has 3 aliphatic carbocycles. The van der Waals surface area contributed by atoms with Crippen molar-refractivity contribution in [1.82, 2.24) is 0 Å². The minimum absolute atomic E-state index is 0.199. The molecule has 0 spiro atoms. The molecule has 4 nitrogen and oxygen atoms in total. The predicted molar refractivity (Wildman–Crippen MR) is 414 cm³/mol. The van der Waals surface area contributed by atoms with Crippen molar-refractivity contribution in [1.29, 1.82) is 0 Å². The first-order chi connectivity index (χ1) is 48.5. The van der Waals surface area contributed by atoms with E-state index in [0.717, 1.165) is 83.3 Å². The molecule has 16 rings (SSSR count). The summed E-state index contributed by atoms with van der Waals surface area (Å²) in [4.78, 5) is 4.98. The van der Waals surface area contributed by atoms with Gasteiger partial charge in [-0.15, -0.1) is 0 Å². The fourth-order valence-corrected chi connectivity index (χ4v) is 16.3. The van der Waals surface area contributed by atoms with Crippen LogP contribution >= 0.6 is 0 Å². The minimum Gasteiger partial charge on any atom is -0.494 e. The molecule has 13 aromatic rings. The quantitative estimate of drug-likeness (QED) is 0.0670. The fraction of sp³-hybridized carbons (Fsp3) is 0.179. The Labute approximate surface area is 585 Å². The number of benzene rings is 13. The van der Waals surface area contributed by atoms with Crippen molar-refractivity contribution in [2.24, 2.45) is 0 Å². The highest BCUT2D eigenvalue weighted by molar-refractivity contribution is 5.94. The summed E-state index contributed by atoms with van der Waals surface area (Å²) in [7, 11) is 0. The molecule has 4 heteroatoms. The van der Waals surface area contributed by atoms with Gasteiger partial charge >= 0.3 is 0 Å². The van der Waals surface area contributed by atoms with E-state index in [4.69, 9.17) is 9.47 Å². The molecule has 0 saturated heterocycles. The lowest BCUT2D eigenvalue weighted by Gasteiger charge is -2.36. The molecule has 0 aromatic heterocycles. The van der Waals surface area contributed by atoms with E-state index < -0.39 is 5.41 Å². The highest BCUT2D eigenvalue weighted by atomic mass is 16.5. The van der Waals surface area contributed by atoms with E-state index in [1.165, 1.54) is 100 Å². The lowest BCUT2D eigenvalue weighted by Crippen LogP contribution is -2.29. The van der Waals surface area contributed by atoms with E-state index in [9.17, 15) is 0 Å². The Kier molecular flexibility index (Phi) is 16.6. The van der Waals surface area contributed by atoms with Crippen molar-refractivity contribution in [3.05, 3.63) is 359 Å². The summed E-state index contributed by atoms with van der Waals surface area (Å²) in [6, 6.07) is 116. The first-order valence-electron chi connectivity index (χ1n) is 35.7. The van der Waals surface area contributed by atoms with E-state index in [2.05, 4.69) is 361 Å². The monoisotopic (exact) mass is 1280 g/mol. The molecular weight excluding hydrogens is 1200 g/mol. The normalized spacial score (nSPS) is 14.0. The summed E-state index contributed by atoms with van der Waals surface area (Å²) in [5, 5.41) is 0. The van der Waals surface area contributed by atoms with Crippen LogP contribution in [0.4, 0.5) is 34.1 Å². The summed E-state index contributed by atoms with van der Waals surface area (Å²) in [6.07, 6.45) is 5.26. The zero-order chi connectivity index (χ0) is 67.2. The molecule has 99 heavy (non-hydrogen) atoms. The van der Waals surface area contributed by atoms with Gasteiger partial charge < -0.3 is 19.3 Å². The molecule has 486 valence electrons. The number of nitrogens with zero attached hydrogens (tertiary/aromatic N) is 2. The van der Waals surface area contributed by atoms with Crippen molar-refractivity contribution in [3.8, 4) is 67.1 Å². The van der Waals surface area contributed by atoms with Crippen LogP contribution < -0.4 is 19.3 Å². The van der Waals surface area contributed by atoms with Crippen molar-refractivity contribution in [3.63, 3.8) is 0 Å². The molecule has 3 aliphatic rings. The van der Waals surface area contributed by atoms with Crippen molar-refractivity contribution >= 4 is 34.1 Å².